The first kappa shape index (κ1) is 17.9. The van der Waals surface area contributed by atoms with E-state index in [-0.39, 0.29) is 11.8 Å². The molecule has 0 radical (unpaired) electrons. The van der Waals surface area contributed by atoms with Crippen molar-refractivity contribution in [2.45, 2.75) is 13.3 Å². The number of aliphatic imine (C=N–C) groups is 1. The van der Waals surface area contributed by atoms with Crippen molar-refractivity contribution in [2.75, 3.05) is 24.3 Å². The minimum absolute atomic E-state index is 0.140. The van der Waals surface area contributed by atoms with E-state index in [2.05, 4.69) is 16.4 Å². The number of anilines is 2. The summed E-state index contributed by atoms with van der Waals surface area (Å²) in [7, 11) is 3.99. The Kier molecular flexibility index (Phi) is 5.18. The lowest BCUT2D eigenvalue weighted by Crippen LogP contribution is -2.07. The van der Waals surface area contributed by atoms with Crippen LogP contribution in [0.4, 0.5) is 10.7 Å². The third-order valence-corrected chi connectivity index (χ3v) is 4.93. The smallest absolute Gasteiger partial charge is 0.363 e. The monoisotopic (exact) mass is 369 g/mol. The SMILES string of the molecule is CC(=O)Nc1ccc(C2=N/C(=C\Cc3ccc(N(C)C)s3)C(=O)O2)cc1. The highest BCUT2D eigenvalue weighted by Crippen LogP contribution is 2.26. The number of hydrogen-bond acceptors (Lipinski definition) is 6. The van der Waals surface area contributed by atoms with Gasteiger partial charge in [-0.15, -0.1) is 11.3 Å². The molecule has 2 aromatic rings. The van der Waals surface area contributed by atoms with E-state index in [1.165, 1.54) is 6.92 Å². The van der Waals surface area contributed by atoms with Crippen molar-refractivity contribution in [1.82, 2.24) is 0 Å². The molecule has 1 aromatic heterocycles. The van der Waals surface area contributed by atoms with Crippen molar-refractivity contribution in [3.8, 4) is 0 Å². The molecular formula is C19H19N3O3S. The van der Waals surface area contributed by atoms with Crippen LogP contribution >= 0.6 is 11.3 Å². The third-order valence-electron chi connectivity index (χ3n) is 3.66. The Labute approximate surface area is 155 Å². The number of hydrogen-bond donors (Lipinski definition) is 1. The summed E-state index contributed by atoms with van der Waals surface area (Å²) in [6.07, 6.45) is 2.41. The first-order chi connectivity index (χ1) is 12.4. The Morgan fingerprint density at radius 1 is 1.23 bits per heavy atom. The van der Waals surface area contributed by atoms with E-state index in [1.807, 2.05) is 25.1 Å². The number of amides is 1. The van der Waals surface area contributed by atoms with Gasteiger partial charge < -0.3 is 15.0 Å². The van der Waals surface area contributed by atoms with Crippen LogP contribution in [0.1, 0.15) is 17.4 Å². The Morgan fingerprint density at radius 3 is 2.58 bits per heavy atom. The number of benzene rings is 1. The Morgan fingerprint density at radius 2 is 1.96 bits per heavy atom. The lowest BCUT2D eigenvalue weighted by atomic mass is 10.2. The zero-order chi connectivity index (χ0) is 18.7. The van der Waals surface area contributed by atoms with Crippen molar-refractivity contribution in [1.29, 1.82) is 0 Å². The topological polar surface area (TPSA) is 71.0 Å². The predicted molar refractivity (Wildman–Crippen MR) is 104 cm³/mol. The zero-order valence-corrected chi connectivity index (χ0v) is 15.6. The molecule has 0 unspecified atom stereocenters. The lowest BCUT2D eigenvalue weighted by molar-refractivity contribution is -0.130. The molecule has 0 spiro atoms. The molecule has 26 heavy (non-hydrogen) atoms. The fraction of sp³-hybridized carbons (Fsp3) is 0.211. The summed E-state index contributed by atoms with van der Waals surface area (Å²) in [4.78, 5) is 30.6. The molecule has 3 rings (SSSR count). The number of cyclic esters (lactones) is 1. The van der Waals surface area contributed by atoms with Gasteiger partial charge in [0.05, 0.1) is 5.00 Å². The number of allylic oxidation sites excluding steroid dienone is 1. The summed E-state index contributed by atoms with van der Waals surface area (Å²) < 4.78 is 5.26. The number of thiophene rings is 1. The molecule has 1 N–H and O–H groups in total. The maximum Gasteiger partial charge on any atom is 0.363 e. The van der Waals surface area contributed by atoms with Crippen molar-refractivity contribution >= 4 is 39.8 Å². The molecule has 0 aliphatic carbocycles. The van der Waals surface area contributed by atoms with Crippen LogP contribution in [0.5, 0.6) is 0 Å². The van der Waals surface area contributed by atoms with Gasteiger partial charge in [0.1, 0.15) is 5.70 Å². The summed E-state index contributed by atoms with van der Waals surface area (Å²) in [5.41, 5.74) is 1.67. The summed E-state index contributed by atoms with van der Waals surface area (Å²) >= 11 is 1.68. The Bertz CT molecular complexity index is 895. The minimum atomic E-state index is -0.449. The van der Waals surface area contributed by atoms with E-state index in [0.717, 1.165) is 9.88 Å². The van der Waals surface area contributed by atoms with Gasteiger partial charge in [0.15, 0.2) is 0 Å². The van der Waals surface area contributed by atoms with Gasteiger partial charge in [0.2, 0.25) is 11.8 Å². The van der Waals surface area contributed by atoms with Crippen molar-refractivity contribution < 1.29 is 14.3 Å². The van der Waals surface area contributed by atoms with Gasteiger partial charge >= 0.3 is 5.97 Å². The number of ether oxygens (including phenoxy) is 1. The molecule has 1 aliphatic rings. The second kappa shape index (κ2) is 7.53. The summed E-state index contributed by atoms with van der Waals surface area (Å²) in [6, 6.07) is 11.1. The van der Waals surface area contributed by atoms with Crippen LogP contribution < -0.4 is 10.2 Å². The van der Waals surface area contributed by atoms with E-state index >= 15 is 0 Å². The molecule has 0 fully saturated rings. The molecule has 1 aliphatic heterocycles. The largest absolute Gasteiger partial charge is 0.402 e. The zero-order valence-electron chi connectivity index (χ0n) is 14.8. The second-order valence-electron chi connectivity index (χ2n) is 5.99. The van der Waals surface area contributed by atoms with Gasteiger partial charge in [-0.25, -0.2) is 9.79 Å². The average Bonchev–Trinajstić information content (AvgIpc) is 3.20. The number of nitrogens with one attached hydrogen (secondary N) is 1. The number of esters is 1. The van der Waals surface area contributed by atoms with Gasteiger partial charge in [0.25, 0.3) is 0 Å². The molecule has 2 heterocycles. The number of rotatable bonds is 5. The highest BCUT2D eigenvalue weighted by Gasteiger charge is 2.23. The van der Waals surface area contributed by atoms with E-state index in [0.29, 0.717) is 23.4 Å². The molecule has 6 nitrogen and oxygen atoms in total. The molecule has 0 saturated heterocycles. The van der Waals surface area contributed by atoms with Crippen molar-refractivity contribution in [2.24, 2.45) is 4.99 Å². The lowest BCUT2D eigenvalue weighted by Gasteiger charge is -2.06. The molecule has 7 heteroatoms. The van der Waals surface area contributed by atoms with Crippen molar-refractivity contribution in [3.05, 3.63) is 58.6 Å². The molecule has 0 saturated carbocycles. The van der Waals surface area contributed by atoms with E-state index in [9.17, 15) is 9.59 Å². The Balaban J connectivity index is 1.72. The molecule has 134 valence electrons. The normalized spacial score (nSPS) is 15.0. The van der Waals surface area contributed by atoms with Gasteiger partial charge in [-0.3, -0.25) is 4.79 Å². The summed E-state index contributed by atoms with van der Waals surface area (Å²) in [6.45, 7) is 1.45. The average molecular weight is 369 g/mol. The van der Waals surface area contributed by atoms with Crippen LogP contribution in [0.2, 0.25) is 0 Å². The van der Waals surface area contributed by atoms with Crippen LogP contribution in [-0.4, -0.2) is 31.9 Å². The van der Waals surface area contributed by atoms with Crippen LogP contribution in [0.25, 0.3) is 0 Å². The predicted octanol–water partition coefficient (Wildman–Crippen LogP) is 3.20. The summed E-state index contributed by atoms with van der Waals surface area (Å²) in [5, 5.41) is 3.85. The van der Waals surface area contributed by atoms with Gasteiger partial charge in [-0.05, 0) is 42.5 Å². The number of carbonyl (C=O) groups is 2. The second-order valence-corrected chi connectivity index (χ2v) is 7.14. The van der Waals surface area contributed by atoms with Crippen LogP contribution in [0.15, 0.2) is 53.2 Å². The van der Waals surface area contributed by atoms with E-state index in [1.54, 1.807) is 41.7 Å². The maximum absolute atomic E-state index is 12.0. The molecular weight excluding hydrogens is 350 g/mol. The molecule has 0 atom stereocenters. The van der Waals surface area contributed by atoms with Crippen molar-refractivity contribution in [3.63, 3.8) is 0 Å². The van der Waals surface area contributed by atoms with Crippen LogP contribution in [0, 0.1) is 0 Å². The first-order valence-electron chi connectivity index (χ1n) is 8.07. The minimum Gasteiger partial charge on any atom is -0.402 e. The molecule has 1 amide bonds. The standard InChI is InChI=1S/C19H19N3O3S/c1-12(23)20-14-6-4-13(5-7-14)18-21-16(19(24)25-18)10-8-15-9-11-17(26-15)22(2)3/h4-7,9-11H,8H2,1-3H3,(H,20,23)/b16-10-. The highest BCUT2D eigenvalue weighted by atomic mass is 32.1. The van der Waals surface area contributed by atoms with Crippen LogP contribution in [0.3, 0.4) is 0 Å². The number of carbonyl (C=O) groups excluding carboxylic acids is 2. The van der Waals surface area contributed by atoms with E-state index < -0.39 is 5.97 Å². The van der Waals surface area contributed by atoms with Gasteiger partial charge in [-0.1, -0.05) is 0 Å². The van der Waals surface area contributed by atoms with E-state index in [4.69, 9.17) is 4.74 Å². The maximum atomic E-state index is 12.0. The fourth-order valence-corrected chi connectivity index (χ4v) is 3.27. The Hall–Kier alpha value is -2.93. The van der Waals surface area contributed by atoms with Gasteiger partial charge in [0, 0.05) is 43.6 Å². The quantitative estimate of drug-likeness (QED) is 0.649. The highest BCUT2D eigenvalue weighted by molar-refractivity contribution is 7.16. The summed E-state index contributed by atoms with van der Waals surface area (Å²) in [5.74, 6) is -0.315. The molecule has 0 bridgehead atoms. The number of nitrogens with zero attached hydrogens (tertiary/aromatic N) is 2. The molecule has 1 aromatic carbocycles. The van der Waals surface area contributed by atoms with Crippen LogP contribution in [-0.2, 0) is 20.7 Å². The van der Waals surface area contributed by atoms with Gasteiger partial charge in [-0.2, -0.15) is 0 Å². The fourth-order valence-electron chi connectivity index (χ4n) is 2.38. The first-order valence-corrected chi connectivity index (χ1v) is 8.89. The third kappa shape index (κ3) is 4.18.